The topological polar surface area (TPSA) is 58.6 Å². The number of hydrogen-bond donors (Lipinski definition) is 1. The zero-order chi connectivity index (χ0) is 19.9. The maximum Gasteiger partial charge on any atom is 0.259 e. The fourth-order valence-electron chi connectivity index (χ4n) is 3.28. The van der Waals surface area contributed by atoms with Gasteiger partial charge in [-0.3, -0.25) is 9.59 Å². The molecule has 0 atom stereocenters. The third kappa shape index (κ3) is 4.91. The van der Waals surface area contributed by atoms with Crippen LogP contribution in [0.15, 0.2) is 48.5 Å². The Labute approximate surface area is 166 Å². The number of anilines is 1. The lowest BCUT2D eigenvalue weighted by molar-refractivity contribution is 0.0697. The van der Waals surface area contributed by atoms with E-state index in [1.54, 1.807) is 36.4 Å². The van der Waals surface area contributed by atoms with Gasteiger partial charge >= 0.3 is 0 Å². The maximum atomic E-state index is 12.6. The smallest absolute Gasteiger partial charge is 0.259 e. The molecule has 0 bridgehead atoms. The first kappa shape index (κ1) is 19.9. The van der Waals surface area contributed by atoms with E-state index < -0.39 is 0 Å². The average molecular weight is 380 g/mol. The summed E-state index contributed by atoms with van der Waals surface area (Å²) >= 11 is 0. The Hall–Kier alpha value is -2.82. The van der Waals surface area contributed by atoms with E-state index in [2.05, 4.69) is 12.2 Å². The van der Waals surface area contributed by atoms with Crippen molar-refractivity contribution in [1.29, 1.82) is 0 Å². The Balaban J connectivity index is 1.64. The van der Waals surface area contributed by atoms with Crippen molar-refractivity contribution < 1.29 is 14.3 Å². The van der Waals surface area contributed by atoms with Crippen molar-refractivity contribution in [2.24, 2.45) is 5.92 Å². The third-order valence-corrected chi connectivity index (χ3v) is 5.05. The molecule has 1 saturated heterocycles. The van der Waals surface area contributed by atoms with Crippen molar-refractivity contribution in [3.05, 3.63) is 59.7 Å². The van der Waals surface area contributed by atoms with Gasteiger partial charge in [0.05, 0.1) is 12.2 Å². The van der Waals surface area contributed by atoms with Crippen molar-refractivity contribution in [2.75, 3.05) is 25.0 Å². The second-order valence-corrected chi connectivity index (χ2v) is 7.35. The number of carbonyl (C=O) groups is 2. The number of para-hydroxylation sites is 1. The number of rotatable bonds is 6. The molecule has 2 aromatic carbocycles. The van der Waals surface area contributed by atoms with E-state index in [9.17, 15) is 9.59 Å². The molecule has 1 heterocycles. The first-order valence-corrected chi connectivity index (χ1v) is 10.0. The van der Waals surface area contributed by atoms with Gasteiger partial charge in [0.15, 0.2) is 0 Å². The van der Waals surface area contributed by atoms with Crippen molar-refractivity contribution in [3.8, 4) is 5.75 Å². The van der Waals surface area contributed by atoms with Crippen LogP contribution >= 0.6 is 0 Å². The van der Waals surface area contributed by atoms with Gasteiger partial charge in [0.1, 0.15) is 5.75 Å². The van der Waals surface area contributed by atoms with Crippen LogP contribution in [0.2, 0.25) is 0 Å². The van der Waals surface area contributed by atoms with Crippen LogP contribution < -0.4 is 10.1 Å². The first-order valence-electron chi connectivity index (χ1n) is 10.0. The van der Waals surface area contributed by atoms with Crippen LogP contribution in [-0.2, 0) is 0 Å². The zero-order valence-corrected chi connectivity index (χ0v) is 16.6. The highest BCUT2D eigenvalue weighted by atomic mass is 16.5. The molecule has 2 aromatic rings. The molecule has 28 heavy (non-hydrogen) atoms. The van der Waals surface area contributed by atoms with Crippen LogP contribution in [0, 0.1) is 5.92 Å². The Kier molecular flexibility index (Phi) is 6.69. The number of nitrogens with one attached hydrogen (secondary N) is 1. The summed E-state index contributed by atoms with van der Waals surface area (Å²) in [7, 11) is 0. The van der Waals surface area contributed by atoms with Crippen LogP contribution in [0.3, 0.4) is 0 Å². The number of benzene rings is 2. The van der Waals surface area contributed by atoms with Crippen molar-refractivity contribution in [3.63, 3.8) is 0 Å². The van der Waals surface area contributed by atoms with Crippen molar-refractivity contribution >= 4 is 17.5 Å². The van der Waals surface area contributed by atoms with Crippen molar-refractivity contribution in [2.45, 2.75) is 33.1 Å². The molecule has 0 aliphatic carbocycles. The van der Waals surface area contributed by atoms with E-state index in [1.165, 1.54) is 0 Å². The molecule has 1 fully saturated rings. The molecule has 0 unspecified atom stereocenters. The van der Waals surface area contributed by atoms with E-state index in [1.807, 2.05) is 24.0 Å². The van der Waals surface area contributed by atoms with Gasteiger partial charge < -0.3 is 15.0 Å². The predicted molar refractivity (Wildman–Crippen MR) is 111 cm³/mol. The SMILES string of the molecule is CCCOc1ccccc1C(=O)Nc1ccc(C(=O)N2CCC(C)CC2)cc1. The molecule has 1 aliphatic heterocycles. The Bertz CT molecular complexity index is 809. The lowest BCUT2D eigenvalue weighted by atomic mass is 9.98. The Morgan fingerprint density at radius 2 is 1.75 bits per heavy atom. The largest absolute Gasteiger partial charge is 0.493 e. The minimum Gasteiger partial charge on any atom is -0.493 e. The predicted octanol–water partition coefficient (Wildman–Crippen LogP) is 4.60. The number of likely N-dealkylation sites (tertiary alicyclic amines) is 1. The number of hydrogen-bond acceptors (Lipinski definition) is 3. The van der Waals surface area contributed by atoms with E-state index in [-0.39, 0.29) is 11.8 Å². The summed E-state index contributed by atoms with van der Waals surface area (Å²) in [6.07, 6.45) is 2.99. The second kappa shape index (κ2) is 9.40. The Morgan fingerprint density at radius 1 is 1.07 bits per heavy atom. The zero-order valence-electron chi connectivity index (χ0n) is 16.6. The van der Waals surface area contributed by atoms with E-state index in [0.717, 1.165) is 32.4 Å². The van der Waals surface area contributed by atoms with E-state index in [4.69, 9.17) is 4.74 Å². The fourth-order valence-corrected chi connectivity index (χ4v) is 3.28. The van der Waals surface area contributed by atoms with Gasteiger partial charge in [-0.15, -0.1) is 0 Å². The van der Waals surface area contributed by atoms with Crippen molar-refractivity contribution in [1.82, 2.24) is 4.90 Å². The average Bonchev–Trinajstić information content (AvgIpc) is 2.73. The van der Waals surface area contributed by atoms with Crippen LogP contribution in [0.25, 0.3) is 0 Å². The van der Waals surface area contributed by atoms with Gasteiger partial charge in [0, 0.05) is 24.3 Å². The molecule has 148 valence electrons. The molecule has 0 saturated carbocycles. The van der Waals surface area contributed by atoms with Gasteiger partial charge in [0.25, 0.3) is 11.8 Å². The molecule has 1 N–H and O–H groups in total. The molecule has 0 radical (unpaired) electrons. The summed E-state index contributed by atoms with van der Waals surface area (Å²) in [6.45, 7) is 6.44. The highest BCUT2D eigenvalue weighted by Gasteiger charge is 2.21. The second-order valence-electron chi connectivity index (χ2n) is 7.35. The minimum atomic E-state index is -0.226. The quantitative estimate of drug-likeness (QED) is 0.797. The number of amides is 2. The minimum absolute atomic E-state index is 0.0584. The lowest BCUT2D eigenvalue weighted by Crippen LogP contribution is -2.37. The van der Waals surface area contributed by atoms with Crippen LogP contribution in [-0.4, -0.2) is 36.4 Å². The van der Waals surface area contributed by atoms with Crippen LogP contribution in [0.5, 0.6) is 5.75 Å². The number of nitrogens with zero attached hydrogens (tertiary/aromatic N) is 1. The molecular formula is C23H28N2O3. The summed E-state index contributed by atoms with van der Waals surface area (Å²) in [4.78, 5) is 27.2. The normalized spacial score (nSPS) is 14.6. The van der Waals surface area contributed by atoms with Gasteiger partial charge in [0.2, 0.25) is 0 Å². The number of ether oxygens (including phenoxy) is 1. The van der Waals surface area contributed by atoms with Gasteiger partial charge in [-0.05, 0) is 61.6 Å². The summed E-state index contributed by atoms with van der Waals surface area (Å²) in [6, 6.07) is 14.3. The standard InChI is InChI=1S/C23H28N2O3/c1-3-16-28-21-7-5-4-6-20(21)22(26)24-19-10-8-18(9-11-19)23(27)25-14-12-17(2)13-15-25/h4-11,17H,3,12-16H2,1-2H3,(H,24,26). The monoisotopic (exact) mass is 380 g/mol. The Morgan fingerprint density at radius 3 is 2.43 bits per heavy atom. The molecule has 5 heteroatoms. The summed E-state index contributed by atoms with van der Waals surface area (Å²) < 4.78 is 5.66. The highest BCUT2D eigenvalue weighted by Crippen LogP contribution is 2.21. The van der Waals surface area contributed by atoms with Gasteiger partial charge in [-0.1, -0.05) is 26.0 Å². The number of carbonyl (C=O) groups excluding carboxylic acids is 2. The van der Waals surface area contributed by atoms with Crippen LogP contribution in [0.1, 0.15) is 53.8 Å². The molecule has 5 nitrogen and oxygen atoms in total. The van der Waals surface area contributed by atoms with Gasteiger partial charge in [-0.25, -0.2) is 0 Å². The molecule has 3 rings (SSSR count). The van der Waals surface area contributed by atoms with Crippen LogP contribution in [0.4, 0.5) is 5.69 Å². The maximum absolute atomic E-state index is 12.6. The first-order chi connectivity index (χ1) is 13.6. The van der Waals surface area contributed by atoms with E-state index >= 15 is 0 Å². The van der Waals surface area contributed by atoms with E-state index in [0.29, 0.717) is 35.1 Å². The molecular weight excluding hydrogens is 352 g/mol. The molecule has 1 aliphatic rings. The lowest BCUT2D eigenvalue weighted by Gasteiger charge is -2.30. The molecule has 0 aromatic heterocycles. The molecule has 2 amide bonds. The summed E-state index contributed by atoms with van der Waals surface area (Å²) in [5.41, 5.74) is 1.80. The highest BCUT2D eigenvalue weighted by molar-refractivity contribution is 6.06. The number of piperidine rings is 1. The summed E-state index contributed by atoms with van der Waals surface area (Å²) in [5, 5.41) is 2.88. The third-order valence-electron chi connectivity index (χ3n) is 5.05. The molecule has 0 spiro atoms. The fraction of sp³-hybridized carbons (Fsp3) is 0.391. The van der Waals surface area contributed by atoms with Gasteiger partial charge in [-0.2, -0.15) is 0 Å². The summed E-state index contributed by atoms with van der Waals surface area (Å²) in [5.74, 6) is 1.10.